The van der Waals surface area contributed by atoms with Crippen LogP contribution in [0.2, 0.25) is 5.02 Å². The maximum Gasteiger partial charge on any atom is 0.243 e. The first kappa shape index (κ1) is 16.0. The van der Waals surface area contributed by atoms with E-state index in [1.54, 1.807) is 31.0 Å². The van der Waals surface area contributed by atoms with Crippen molar-refractivity contribution in [2.24, 2.45) is 13.0 Å². The lowest BCUT2D eigenvalue weighted by Gasteiger charge is -2.13. The fraction of sp³-hybridized carbons (Fsp3) is 0.500. The number of nitrogens with one attached hydrogen (secondary N) is 1. The Labute approximate surface area is 129 Å². The Balaban J connectivity index is 1.97. The van der Waals surface area contributed by atoms with E-state index in [1.807, 2.05) is 6.92 Å². The van der Waals surface area contributed by atoms with Crippen molar-refractivity contribution in [1.82, 2.24) is 24.3 Å². The Kier molecular flexibility index (Phi) is 4.70. The van der Waals surface area contributed by atoms with E-state index in [9.17, 15) is 8.42 Å². The molecule has 1 atom stereocenters. The first-order valence-electron chi connectivity index (χ1n) is 6.46. The molecule has 0 spiro atoms. The summed E-state index contributed by atoms with van der Waals surface area (Å²) in [6.07, 6.45) is 4.62. The lowest BCUT2D eigenvalue weighted by Crippen LogP contribution is -2.30. The van der Waals surface area contributed by atoms with Gasteiger partial charge in [0, 0.05) is 26.3 Å². The van der Waals surface area contributed by atoms with Crippen molar-refractivity contribution in [3.05, 3.63) is 29.3 Å². The fourth-order valence-electron chi connectivity index (χ4n) is 1.89. The van der Waals surface area contributed by atoms with Gasteiger partial charge in [0.15, 0.2) is 0 Å². The summed E-state index contributed by atoms with van der Waals surface area (Å²) < 4.78 is 30.3. The van der Waals surface area contributed by atoms with Gasteiger partial charge in [-0.05, 0) is 12.8 Å². The van der Waals surface area contributed by atoms with Crippen LogP contribution in [-0.2, 0) is 23.6 Å². The molecule has 2 aromatic heterocycles. The summed E-state index contributed by atoms with van der Waals surface area (Å²) in [6, 6.07) is 0. The summed E-state index contributed by atoms with van der Waals surface area (Å²) in [5, 5.41) is 8.58. The second-order valence-corrected chi connectivity index (χ2v) is 7.23. The SMILES string of the molecule is Cc1c(S(=O)(=O)NC[C@@H](C)Cn2cc(Cl)cn2)cnn1C. The highest BCUT2D eigenvalue weighted by Gasteiger charge is 2.20. The number of aryl methyl sites for hydroxylation is 1. The van der Waals surface area contributed by atoms with Gasteiger partial charge >= 0.3 is 0 Å². The molecule has 1 N–H and O–H groups in total. The summed E-state index contributed by atoms with van der Waals surface area (Å²) in [4.78, 5) is 0.208. The molecule has 0 amide bonds. The summed E-state index contributed by atoms with van der Waals surface area (Å²) in [7, 11) is -1.83. The topological polar surface area (TPSA) is 81.8 Å². The Morgan fingerprint density at radius 1 is 1.38 bits per heavy atom. The first-order valence-corrected chi connectivity index (χ1v) is 8.32. The molecule has 0 fully saturated rings. The van der Waals surface area contributed by atoms with Crippen molar-refractivity contribution < 1.29 is 8.42 Å². The van der Waals surface area contributed by atoms with E-state index in [2.05, 4.69) is 14.9 Å². The van der Waals surface area contributed by atoms with E-state index in [0.29, 0.717) is 23.8 Å². The molecule has 0 aliphatic rings. The molecule has 0 aliphatic heterocycles. The summed E-state index contributed by atoms with van der Waals surface area (Å²) >= 11 is 5.79. The molecule has 0 radical (unpaired) electrons. The summed E-state index contributed by atoms with van der Waals surface area (Å²) in [5.74, 6) is 0.0766. The van der Waals surface area contributed by atoms with E-state index in [4.69, 9.17) is 11.6 Å². The molecular formula is C12H18ClN5O2S. The molecular weight excluding hydrogens is 314 g/mol. The molecule has 0 saturated carbocycles. The highest BCUT2D eigenvalue weighted by Crippen LogP contribution is 2.13. The van der Waals surface area contributed by atoms with Gasteiger partial charge in [-0.1, -0.05) is 18.5 Å². The highest BCUT2D eigenvalue weighted by molar-refractivity contribution is 7.89. The number of sulfonamides is 1. The molecule has 2 heterocycles. The molecule has 0 bridgehead atoms. The van der Waals surface area contributed by atoms with Gasteiger partial charge in [0.05, 0.1) is 23.1 Å². The van der Waals surface area contributed by atoms with Crippen molar-refractivity contribution in [1.29, 1.82) is 0 Å². The normalized spacial score (nSPS) is 13.5. The van der Waals surface area contributed by atoms with E-state index in [0.717, 1.165) is 0 Å². The van der Waals surface area contributed by atoms with Crippen molar-refractivity contribution >= 4 is 21.6 Å². The van der Waals surface area contributed by atoms with Crippen LogP contribution in [0.15, 0.2) is 23.5 Å². The second kappa shape index (κ2) is 6.17. The van der Waals surface area contributed by atoms with Gasteiger partial charge in [0.25, 0.3) is 0 Å². The average molecular weight is 332 g/mol. The highest BCUT2D eigenvalue weighted by atomic mass is 35.5. The van der Waals surface area contributed by atoms with Crippen molar-refractivity contribution in [2.75, 3.05) is 6.54 Å². The molecule has 2 aromatic rings. The third-order valence-corrected chi connectivity index (χ3v) is 4.92. The molecule has 0 aliphatic carbocycles. The number of nitrogens with zero attached hydrogens (tertiary/aromatic N) is 4. The molecule has 9 heteroatoms. The quantitative estimate of drug-likeness (QED) is 0.862. The molecule has 7 nitrogen and oxygen atoms in total. The maximum absolute atomic E-state index is 12.2. The van der Waals surface area contributed by atoms with Crippen LogP contribution in [0.3, 0.4) is 0 Å². The number of hydrogen-bond donors (Lipinski definition) is 1. The predicted molar refractivity (Wildman–Crippen MR) is 79.5 cm³/mol. The van der Waals surface area contributed by atoms with E-state index in [1.165, 1.54) is 10.9 Å². The number of hydrogen-bond acceptors (Lipinski definition) is 4. The zero-order chi connectivity index (χ0) is 15.6. The van der Waals surface area contributed by atoms with Crippen LogP contribution in [-0.4, -0.2) is 34.5 Å². The van der Waals surface area contributed by atoms with Crippen molar-refractivity contribution in [2.45, 2.75) is 25.3 Å². The summed E-state index contributed by atoms with van der Waals surface area (Å²) in [6.45, 7) is 4.56. The third kappa shape index (κ3) is 3.84. The lowest BCUT2D eigenvalue weighted by atomic mass is 10.2. The van der Waals surface area contributed by atoms with Crippen molar-refractivity contribution in [3.63, 3.8) is 0 Å². The van der Waals surface area contributed by atoms with Gasteiger partial charge in [-0.15, -0.1) is 0 Å². The Hall–Kier alpha value is -1.38. The lowest BCUT2D eigenvalue weighted by molar-refractivity contribution is 0.443. The fourth-order valence-corrected chi connectivity index (χ4v) is 3.42. The van der Waals surface area contributed by atoms with Gasteiger partial charge in [0.2, 0.25) is 10.0 Å². The molecule has 2 rings (SSSR count). The molecule has 0 saturated heterocycles. The van der Waals surface area contributed by atoms with Crippen LogP contribution in [0.4, 0.5) is 0 Å². The molecule has 0 aromatic carbocycles. The molecule has 21 heavy (non-hydrogen) atoms. The summed E-state index contributed by atoms with van der Waals surface area (Å²) in [5.41, 5.74) is 0.606. The van der Waals surface area contributed by atoms with E-state index >= 15 is 0 Å². The van der Waals surface area contributed by atoms with Crippen LogP contribution in [0, 0.1) is 12.8 Å². The predicted octanol–water partition coefficient (Wildman–Crippen LogP) is 1.19. The smallest absolute Gasteiger partial charge is 0.243 e. The minimum Gasteiger partial charge on any atom is -0.272 e. The van der Waals surface area contributed by atoms with Gasteiger partial charge < -0.3 is 0 Å². The zero-order valence-electron chi connectivity index (χ0n) is 12.1. The van der Waals surface area contributed by atoms with Crippen LogP contribution in [0.5, 0.6) is 0 Å². The number of aromatic nitrogens is 4. The largest absolute Gasteiger partial charge is 0.272 e. The van der Waals surface area contributed by atoms with Crippen molar-refractivity contribution in [3.8, 4) is 0 Å². The first-order chi connectivity index (χ1) is 9.79. The number of halogens is 1. The van der Waals surface area contributed by atoms with Crippen LogP contribution >= 0.6 is 11.6 Å². The third-order valence-electron chi connectivity index (χ3n) is 3.20. The minimum absolute atomic E-state index is 0.0766. The standard InChI is InChI=1S/C12H18ClN5O2S/c1-9(7-18-8-11(13)5-15-18)4-16-21(19,20)12-6-14-17(3)10(12)2/h5-6,8-9,16H,4,7H2,1-3H3/t9-/m1/s1. The van der Waals surface area contributed by atoms with Crippen LogP contribution in [0.1, 0.15) is 12.6 Å². The zero-order valence-corrected chi connectivity index (χ0v) is 13.7. The monoisotopic (exact) mass is 331 g/mol. The average Bonchev–Trinajstić information content (AvgIpc) is 2.95. The Morgan fingerprint density at radius 3 is 2.62 bits per heavy atom. The van der Waals surface area contributed by atoms with E-state index in [-0.39, 0.29) is 10.8 Å². The van der Waals surface area contributed by atoms with Crippen LogP contribution < -0.4 is 4.72 Å². The molecule has 0 unspecified atom stereocenters. The van der Waals surface area contributed by atoms with Gasteiger partial charge in [-0.25, -0.2) is 13.1 Å². The van der Waals surface area contributed by atoms with Crippen LogP contribution in [0.25, 0.3) is 0 Å². The maximum atomic E-state index is 12.2. The van der Waals surface area contributed by atoms with E-state index < -0.39 is 10.0 Å². The second-order valence-electron chi connectivity index (χ2n) is 5.06. The van der Waals surface area contributed by atoms with Gasteiger partial charge in [-0.2, -0.15) is 10.2 Å². The van der Waals surface area contributed by atoms with Gasteiger partial charge in [0.1, 0.15) is 4.90 Å². The Bertz CT molecular complexity index is 722. The minimum atomic E-state index is -3.54. The number of rotatable bonds is 6. The molecule has 116 valence electrons. The van der Waals surface area contributed by atoms with Gasteiger partial charge in [-0.3, -0.25) is 9.36 Å². The Morgan fingerprint density at radius 2 is 2.10 bits per heavy atom.